The molecule has 0 amide bonds. The highest BCUT2D eigenvalue weighted by Gasteiger charge is 2.30. The predicted molar refractivity (Wildman–Crippen MR) is 82.5 cm³/mol. The molecule has 2 aromatic heterocycles. The van der Waals surface area contributed by atoms with Gasteiger partial charge in [-0.15, -0.1) is 11.3 Å². The lowest BCUT2D eigenvalue weighted by Crippen LogP contribution is -2.29. The summed E-state index contributed by atoms with van der Waals surface area (Å²) in [6.45, 7) is 3.31. The van der Waals surface area contributed by atoms with E-state index in [4.69, 9.17) is 9.51 Å². The molecule has 2 aromatic rings. The van der Waals surface area contributed by atoms with Gasteiger partial charge < -0.3 is 9.84 Å². The lowest BCUT2D eigenvalue weighted by atomic mass is 9.82. The molecule has 3 unspecified atom stereocenters. The molecule has 3 atom stereocenters. The van der Waals surface area contributed by atoms with E-state index in [-0.39, 0.29) is 6.04 Å². The fourth-order valence-electron chi connectivity index (χ4n) is 3.67. The number of rotatable bonds is 2. The third kappa shape index (κ3) is 2.53. The van der Waals surface area contributed by atoms with Crippen LogP contribution in [-0.4, -0.2) is 16.7 Å². The number of aromatic nitrogens is 2. The highest BCUT2D eigenvalue weighted by molar-refractivity contribution is 7.10. The van der Waals surface area contributed by atoms with Crippen LogP contribution >= 0.6 is 11.3 Å². The molecule has 1 saturated carbocycles. The van der Waals surface area contributed by atoms with Gasteiger partial charge in [0.1, 0.15) is 6.04 Å². The van der Waals surface area contributed by atoms with Crippen LogP contribution in [0.25, 0.3) is 0 Å². The molecule has 1 aliphatic heterocycles. The monoisotopic (exact) mass is 303 g/mol. The van der Waals surface area contributed by atoms with Crippen LogP contribution in [0.5, 0.6) is 0 Å². The quantitative estimate of drug-likeness (QED) is 0.920. The fourth-order valence-corrected chi connectivity index (χ4v) is 4.59. The van der Waals surface area contributed by atoms with Gasteiger partial charge in [0.25, 0.3) is 0 Å². The fraction of sp³-hybridized carbons (Fsp3) is 0.625. The Morgan fingerprint density at radius 1 is 1.38 bits per heavy atom. The van der Waals surface area contributed by atoms with Crippen molar-refractivity contribution in [2.24, 2.45) is 5.92 Å². The van der Waals surface area contributed by atoms with E-state index in [0.717, 1.165) is 30.6 Å². The van der Waals surface area contributed by atoms with Crippen molar-refractivity contribution in [3.8, 4) is 0 Å². The van der Waals surface area contributed by atoms with E-state index in [2.05, 4.69) is 28.8 Å². The summed E-state index contributed by atoms with van der Waals surface area (Å²) in [5.74, 6) is 2.92. The summed E-state index contributed by atoms with van der Waals surface area (Å²) in [7, 11) is 0. The maximum absolute atomic E-state index is 5.60. The van der Waals surface area contributed by atoms with Gasteiger partial charge in [0.15, 0.2) is 5.82 Å². The number of hydrogen-bond donors (Lipinski definition) is 1. The van der Waals surface area contributed by atoms with Crippen molar-refractivity contribution in [1.29, 1.82) is 0 Å². The van der Waals surface area contributed by atoms with E-state index in [1.807, 2.05) is 11.3 Å². The molecule has 2 aliphatic rings. The van der Waals surface area contributed by atoms with Gasteiger partial charge in [-0.3, -0.25) is 0 Å². The third-order valence-electron chi connectivity index (χ3n) is 4.80. The Morgan fingerprint density at radius 3 is 3.24 bits per heavy atom. The zero-order valence-corrected chi connectivity index (χ0v) is 13.2. The van der Waals surface area contributed by atoms with Gasteiger partial charge in [-0.1, -0.05) is 24.9 Å². The molecular formula is C16H21N3OS. The molecule has 21 heavy (non-hydrogen) atoms. The number of nitrogens with one attached hydrogen (secondary N) is 1. The van der Waals surface area contributed by atoms with Crippen LogP contribution in [0.1, 0.15) is 66.7 Å². The summed E-state index contributed by atoms with van der Waals surface area (Å²) in [5.41, 5.74) is 1.32. The van der Waals surface area contributed by atoms with Gasteiger partial charge in [0, 0.05) is 17.3 Å². The standard InChI is InChI=1S/C16H21N3OS/c1-10-3-2-4-11(9-10)15-18-16(20-19-15)14-12-6-8-21-13(12)5-7-17-14/h6,8,10-11,14,17H,2-5,7,9H2,1H3. The van der Waals surface area contributed by atoms with Crippen molar-refractivity contribution < 1.29 is 4.52 Å². The molecule has 0 radical (unpaired) electrons. The summed E-state index contributed by atoms with van der Waals surface area (Å²) in [6.07, 6.45) is 6.12. The minimum absolute atomic E-state index is 0.0854. The maximum atomic E-state index is 5.60. The lowest BCUT2D eigenvalue weighted by Gasteiger charge is -2.24. The Kier molecular flexibility index (Phi) is 3.55. The van der Waals surface area contributed by atoms with Crippen molar-refractivity contribution in [1.82, 2.24) is 15.5 Å². The van der Waals surface area contributed by atoms with Crippen LogP contribution in [0.15, 0.2) is 16.0 Å². The molecule has 0 saturated heterocycles. The number of hydrogen-bond acceptors (Lipinski definition) is 5. The smallest absolute Gasteiger partial charge is 0.248 e. The first-order valence-electron chi connectivity index (χ1n) is 7.94. The van der Waals surface area contributed by atoms with Gasteiger partial charge in [0.05, 0.1) is 0 Å². The molecule has 1 aliphatic carbocycles. The molecule has 5 heteroatoms. The summed E-state index contributed by atoms with van der Waals surface area (Å²) >= 11 is 1.83. The van der Waals surface area contributed by atoms with Gasteiger partial charge in [-0.05, 0) is 42.2 Å². The predicted octanol–water partition coefficient (Wildman–Crippen LogP) is 3.66. The van der Waals surface area contributed by atoms with Gasteiger partial charge in [0.2, 0.25) is 5.89 Å². The van der Waals surface area contributed by atoms with Crippen LogP contribution in [0.4, 0.5) is 0 Å². The second kappa shape index (κ2) is 5.54. The molecule has 112 valence electrons. The number of nitrogens with zero attached hydrogens (tertiary/aromatic N) is 2. The van der Waals surface area contributed by atoms with E-state index < -0.39 is 0 Å². The van der Waals surface area contributed by atoms with Crippen LogP contribution in [0.2, 0.25) is 0 Å². The summed E-state index contributed by atoms with van der Waals surface area (Å²) < 4.78 is 5.60. The molecule has 4 rings (SSSR count). The summed E-state index contributed by atoms with van der Waals surface area (Å²) in [5, 5.41) is 9.95. The Hall–Kier alpha value is -1.20. The Morgan fingerprint density at radius 2 is 2.33 bits per heavy atom. The average molecular weight is 303 g/mol. The Balaban J connectivity index is 1.58. The second-order valence-electron chi connectivity index (χ2n) is 6.40. The summed E-state index contributed by atoms with van der Waals surface area (Å²) in [4.78, 5) is 6.18. The van der Waals surface area contributed by atoms with Crippen LogP contribution in [0.3, 0.4) is 0 Å². The van der Waals surface area contributed by atoms with E-state index in [1.54, 1.807) is 0 Å². The maximum Gasteiger partial charge on any atom is 0.248 e. The average Bonchev–Trinajstić information content (AvgIpc) is 3.16. The Bertz CT molecular complexity index is 621. The highest BCUT2D eigenvalue weighted by Crippen LogP contribution is 2.36. The minimum atomic E-state index is 0.0854. The van der Waals surface area contributed by atoms with E-state index >= 15 is 0 Å². The minimum Gasteiger partial charge on any atom is -0.337 e. The zero-order chi connectivity index (χ0) is 14.2. The van der Waals surface area contributed by atoms with Crippen molar-refractivity contribution >= 4 is 11.3 Å². The summed E-state index contributed by atoms with van der Waals surface area (Å²) in [6, 6.07) is 2.27. The van der Waals surface area contributed by atoms with Crippen molar-refractivity contribution in [3.05, 3.63) is 33.6 Å². The molecule has 1 fully saturated rings. The first-order chi connectivity index (χ1) is 10.3. The molecule has 0 spiro atoms. The van der Waals surface area contributed by atoms with Gasteiger partial charge in [-0.2, -0.15) is 4.98 Å². The van der Waals surface area contributed by atoms with Crippen LogP contribution in [-0.2, 0) is 6.42 Å². The Labute approximate surface area is 129 Å². The highest BCUT2D eigenvalue weighted by atomic mass is 32.1. The molecular weight excluding hydrogens is 282 g/mol. The van der Waals surface area contributed by atoms with Gasteiger partial charge >= 0.3 is 0 Å². The zero-order valence-electron chi connectivity index (χ0n) is 12.3. The molecule has 3 heterocycles. The second-order valence-corrected chi connectivity index (χ2v) is 7.40. The third-order valence-corrected chi connectivity index (χ3v) is 5.79. The molecule has 0 aromatic carbocycles. The van der Waals surface area contributed by atoms with Crippen LogP contribution in [0, 0.1) is 5.92 Å². The van der Waals surface area contributed by atoms with Crippen molar-refractivity contribution in [2.75, 3.05) is 6.54 Å². The van der Waals surface area contributed by atoms with E-state index in [9.17, 15) is 0 Å². The molecule has 1 N–H and O–H groups in total. The number of fused-ring (bicyclic) bond motifs is 1. The first-order valence-corrected chi connectivity index (χ1v) is 8.82. The molecule has 4 nitrogen and oxygen atoms in total. The first kappa shape index (κ1) is 13.5. The topological polar surface area (TPSA) is 51.0 Å². The van der Waals surface area contributed by atoms with Crippen molar-refractivity contribution in [2.45, 2.75) is 51.0 Å². The van der Waals surface area contributed by atoms with Gasteiger partial charge in [-0.25, -0.2) is 0 Å². The molecule has 0 bridgehead atoms. The van der Waals surface area contributed by atoms with E-state index in [1.165, 1.54) is 36.1 Å². The number of thiophene rings is 1. The van der Waals surface area contributed by atoms with Crippen molar-refractivity contribution in [3.63, 3.8) is 0 Å². The largest absolute Gasteiger partial charge is 0.337 e. The normalized spacial score (nSPS) is 29.3. The van der Waals surface area contributed by atoms with Crippen LogP contribution < -0.4 is 5.32 Å². The SMILES string of the molecule is CC1CCCC(c2noc(C3NCCc4sccc43)n2)C1. The lowest BCUT2D eigenvalue weighted by molar-refractivity contribution is 0.313. The van der Waals surface area contributed by atoms with E-state index in [0.29, 0.717) is 5.92 Å².